The number of carbonyl (C=O) groups excluding carboxylic acids is 2. The van der Waals surface area contributed by atoms with E-state index in [4.69, 9.17) is 23.2 Å². The summed E-state index contributed by atoms with van der Waals surface area (Å²) in [5, 5.41) is 2.99. The molecule has 10 heteroatoms. The molecular weight excluding hydrogens is 473 g/mol. The van der Waals surface area contributed by atoms with Gasteiger partial charge in [-0.2, -0.15) is 0 Å². The second-order valence-electron chi connectivity index (χ2n) is 7.35. The highest BCUT2D eigenvalue weighted by Crippen LogP contribution is 2.31. The van der Waals surface area contributed by atoms with Crippen LogP contribution in [0.15, 0.2) is 42.5 Å². The highest BCUT2D eigenvalue weighted by molar-refractivity contribution is 7.92. The summed E-state index contributed by atoms with van der Waals surface area (Å²) in [6.07, 6.45) is 1.34. The fraction of sp³-hybridized carbons (Fsp3) is 0.364. The quantitative estimate of drug-likeness (QED) is 0.570. The molecule has 32 heavy (non-hydrogen) atoms. The molecule has 0 bridgehead atoms. The van der Waals surface area contributed by atoms with Crippen LogP contribution in [0, 0.1) is 6.92 Å². The lowest BCUT2D eigenvalue weighted by Crippen LogP contribution is -2.51. The minimum Gasteiger partial charge on any atom is -0.357 e. The van der Waals surface area contributed by atoms with E-state index in [-0.39, 0.29) is 28.2 Å². The number of nitrogens with zero attached hydrogens (tertiary/aromatic N) is 2. The van der Waals surface area contributed by atoms with Gasteiger partial charge in [0.15, 0.2) is 0 Å². The van der Waals surface area contributed by atoms with E-state index in [0.717, 1.165) is 21.7 Å². The summed E-state index contributed by atoms with van der Waals surface area (Å²) in [4.78, 5) is 27.4. The number of anilines is 1. The van der Waals surface area contributed by atoms with Crippen molar-refractivity contribution in [1.29, 1.82) is 0 Å². The number of likely N-dealkylation sites (N-methyl/N-ethyl adjacent to an activating group) is 1. The Morgan fingerprint density at radius 3 is 2.34 bits per heavy atom. The summed E-state index contributed by atoms with van der Waals surface area (Å²) in [5.41, 5.74) is 1.91. The topological polar surface area (TPSA) is 86.8 Å². The molecule has 0 aliphatic carbocycles. The average molecular weight is 500 g/mol. The molecule has 0 heterocycles. The summed E-state index contributed by atoms with van der Waals surface area (Å²) in [6, 6.07) is 11.1. The Bertz CT molecular complexity index is 1090. The molecule has 2 aromatic carbocycles. The van der Waals surface area contributed by atoms with Crippen molar-refractivity contribution in [2.45, 2.75) is 32.9 Å². The standard InChI is InChI=1S/C22H27Cl2N3O4S/c1-5-19(22(29)25-3)26(13-16-9-7-6-8-15(16)2)21(28)14-27(32(4,30)31)20-12-17(23)10-11-18(20)24/h6-12,19H,5,13-14H2,1-4H3,(H,25,29)/t19-/m1/s1. The van der Waals surface area contributed by atoms with Crippen LogP contribution in [0.3, 0.4) is 0 Å². The number of sulfonamides is 1. The third-order valence-electron chi connectivity index (χ3n) is 5.09. The Balaban J connectivity index is 2.49. The molecule has 0 fully saturated rings. The number of amides is 2. The van der Waals surface area contributed by atoms with Crippen LogP contribution in [-0.2, 0) is 26.2 Å². The van der Waals surface area contributed by atoms with Crippen molar-refractivity contribution in [1.82, 2.24) is 10.2 Å². The Kier molecular flexibility index (Phi) is 8.95. The Labute approximate surface area is 199 Å². The van der Waals surface area contributed by atoms with Crippen molar-refractivity contribution >= 4 is 50.7 Å². The van der Waals surface area contributed by atoms with Gasteiger partial charge in [-0.15, -0.1) is 0 Å². The number of aryl methyl sites for hydroxylation is 1. The largest absolute Gasteiger partial charge is 0.357 e. The summed E-state index contributed by atoms with van der Waals surface area (Å²) < 4.78 is 26.0. The zero-order valence-electron chi connectivity index (χ0n) is 18.4. The number of rotatable bonds is 9. The van der Waals surface area contributed by atoms with Crippen molar-refractivity contribution < 1.29 is 18.0 Å². The molecule has 0 saturated heterocycles. The normalized spacial score (nSPS) is 12.2. The first-order valence-corrected chi connectivity index (χ1v) is 12.6. The highest BCUT2D eigenvalue weighted by Gasteiger charge is 2.32. The number of hydrogen-bond donors (Lipinski definition) is 1. The first kappa shape index (κ1) is 26.0. The van der Waals surface area contributed by atoms with Crippen molar-refractivity contribution in [3.05, 3.63) is 63.6 Å². The van der Waals surface area contributed by atoms with E-state index in [1.165, 1.54) is 30.1 Å². The third kappa shape index (κ3) is 6.37. The number of carbonyl (C=O) groups is 2. The minimum atomic E-state index is -3.88. The predicted octanol–water partition coefficient (Wildman–Crippen LogP) is 3.62. The van der Waals surface area contributed by atoms with Gasteiger partial charge >= 0.3 is 0 Å². The molecule has 0 unspecified atom stereocenters. The van der Waals surface area contributed by atoms with Crippen molar-refractivity contribution in [2.24, 2.45) is 0 Å². The van der Waals surface area contributed by atoms with Crippen LogP contribution in [0.1, 0.15) is 24.5 Å². The molecule has 2 rings (SSSR count). The highest BCUT2D eigenvalue weighted by atomic mass is 35.5. The monoisotopic (exact) mass is 499 g/mol. The van der Waals surface area contributed by atoms with Crippen LogP contribution in [0.2, 0.25) is 10.0 Å². The Morgan fingerprint density at radius 2 is 1.78 bits per heavy atom. The molecule has 1 N–H and O–H groups in total. The van der Waals surface area contributed by atoms with E-state index in [0.29, 0.717) is 6.42 Å². The second-order valence-corrected chi connectivity index (χ2v) is 10.1. The van der Waals surface area contributed by atoms with Gasteiger partial charge in [0.1, 0.15) is 12.6 Å². The van der Waals surface area contributed by atoms with Gasteiger partial charge in [-0.25, -0.2) is 8.42 Å². The third-order valence-corrected chi connectivity index (χ3v) is 6.77. The summed E-state index contributed by atoms with van der Waals surface area (Å²) in [5.74, 6) is -0.869. The maximum absolute atomic E-state index is 13.5. The van der Waals surface area contributed by atoms with Gasteiger partial charge in [0, 0.05) is 18.6 Å². The molecule has 0 aromatic heterocycles. The van der Waals surface area contributed by atoms with Gasteiger partial charge in [0.05, 0.1) is 17.0 Å². The molecule has 0 radical (unpaired) electrons. The number of benzene rings is 2. The van der Waals surface area contributed by atoms with Crippen molar-refractivity contribution in [3.8, 4) is 0 Å². The van der Waals surface area contributed by atoms with E-state index in [1.54, 1.807) is 6.92 Å². The molecule has 0 aliphatic heterocycles. The van der Waals surface area contributed by atoms with E-state index in [1.807, 2.05) is 31.2 Å². The van der Waals surface area contributed by atoms with Crippen LogP contribution in [0.25, 0.3) is 0 Å². The Hall–Kier alpha value is -2.29. The van der Waals surface area contributed by atoms with Gasteiger partial charge < -0.3 is 10.2 Å². The van der Waals surface area contributed by atoms with Crippen molar-refractivity contribution in [3.63, 3.8) is 0 Å². The van der Waals surface area contributed by atoms with Gasteiger partial charge in [-0.3, -0.25) is 13.9 Å². The number of hydrogen-bond acceptors (Lipinski definition) is 4. The first-order valence-electron chi connectivity index (χ1n) is 9.97. The molecule has 0 saturated carbocycles. The lowest BCUT2D eigenvalue weighted by atomic mass is 10.1. The smallest absolute Gasteiger partial charge is 0.244 e. The van der Waals surface area contributed by atoms with Crippen LogP contribution in [0.5, 0.6) is 0 Å². The van der Waals surface area contributed by atoms with E-state index >= 15 is 0 Å². The molecule has 2 aromatic rings. The summed E-state index contributed by atoms with van der Waals surface area (Å²) >= 11 is 12.3. The van der Waals surface area contributed by atoms with Crippen LogP contribution in [-0.4, -0.2) is 51.0 Å². The second kappa shape index (κ2) is 11.0. The first-order chi connectivity index (χ1) is 15.0. The van der Waals surface area contributed by atoms with Crippen LogP contribution < -0.4 is 9.62 Å². The lowest BCUT2D eigenvalue weighted by Gasteiger charge is -2.33. The minimum absolute atomic E-state index is 0.0962. The summed E-state index contributed by atoms with van der Waals surface area (Å²) in [6.45, 7) is 3.32. The number of nitrogens with one attached hydrogen (secondary N) is 1. The van der Waals surface area contributed by atoms with E-state index in [2.05, 4.69) is 5.32 Å². The lowest BCUT2D eigenvalue weighted by molar-refractivity contribution is -0.140. The zero-order chi connectivity index (χ0) is 24.1. The van der Waals surface area contributed by atoms with Crippen molar-refractivity contribution in [2.75, 3.05) is 24.2 Å². The maximum Gasteiger partial charge on any atom is 0.244 e. The molecule has 174 valence electrons. The van der Waals surface area contributed by atoms with Gasteiger partial charge in [-0.05, 0) is 42.7 Å². The number of halogens is 2. The summed E-state index contributed by atoms with van der Waals surface area (Å²) in [7, 11) is -2.39. The van der Waals surface area contributed by atoms with Gasteiger partial charge in [-0.1, -0.05) is 54.4 Å². The van der Waals surface area contributed by atoms with Crippen LogP contribution >= 0.6 is 23.2 Å². The fourth-order valence-electron chi connectivity index (χ4n) is 3.33. The van der Waals surface area contributed by atoms with Crippen LogP contribution in [0.4, 0.5) is 5.69 Å². The SMILES string of the molecule is CC[C@H](C(=O)NC)N(Cc1ccccc1C)C(=O)CN(c1cc(Cl)ccc1Cl)S(C)(=O)=O. The molecule has 0 spiro atoms. The maximum atomic E-state index is 13.5. The zero-order valence-corrected chi connectivity index (χ0v) is 20.8. The average Bonchev–Trinajstić information content (AvgIpc) is 2.73. The molecule has 0 aliphatic rings. The molecule has 2 amide bonds. The molecular formula is C22H27Cl2N3O4S. The fourth-order valence-corrected chi connectivity index (χ4v) is 4.62. The predicted molar refractivity (Wildman–Crippen MR) is 129 cm³/mol. The molecule has 7 nitrogen and oxygen atoms in total. The van der Waals surface area contributed by atoms with Gasteiger partial charge in [0.25, 0.3) is 0 Å². The van der Waals surface area contributed by atoms with E-state index < -0.39 is 28.5 Å². The molecule has 1 atom stereocenters. The van der Waals surface area contributed by atoms with Gasteiger partial charge in [0.2, 0.25) is 21.8 Å². The Morgan fingerprint density at radius 1 is 1.12 bits per heavy atom. The van der Waals surface area contributed by atoms with E-state index in [9.17, 15) is 18.0 Å².